The minimum absolute atomic E-state index is 0.167. The lowest BCUT2D eigenvalue weighted by Gasteiger charge is -2.29. The van der Waals surface area contributed by atoms with Crippen molar-refractivity contribution in [2.75, 3.05) is 25.1 Å². The maximum absolute atomic E-state index is 12.9. The molecule has 0 spiro atoms. The Balaban J connectivity index is 1.64. The van der Waals surface area contributed by atoms with Crippen LogP contribution in [-0.2, 0) is 16.4 Å². The topological polar surface area (TPSA) is 58.6 Å². The van der Waals surface area contributed by atoms with Crippen molar-refractivity contribution in [3.05, 3.63) is 53.6 Å². The fraction of sp³-hybridized carbons (Fsp3) is 0.368. The van der Waals surface area contributed by atoms with Crippen LogP contribution in [0.3, 0.4) is 0 Å². The number of likely N-dealkylation sites (N-methyl/N-ethyl adjacent to an activating group) is 1. The summed E-state index contributed by atoms with van der Waals surface area (Å²) in [5.41, 5.74) is 3.15. The summed E-state index contributed by atoms with van der Waals surface area (Å²) in [5.74, 6) is 0.732. The maximum Gasteiger partial charge on any atom is 0.241 e. The van der Waals surface area contributed by atoms with Gasteiger partial charge in [0.05, 0.1) is 17.1 Å². The van der Waals surface area contributed by atoms with Gasteiger partial charge in [-0.25, -0.2) is 13.1 Å². The van der Waals surface area contributed by atoms with E-state index in [1.165, 1.54) is 5.56 Å². The molecule has 5 nitrogen and oxygen atoms in total. The smallest absolute Gasteiger partial charge is 0.241 e. The zero-order valence-corrected chi connectivity index (χ0v) is 15.1. The van der Waals surface area contributed by atoms with E-state index in [0.717, 1.165) is 42.8 Å². The molecule has 0 bridgehead atoms. The largest absolute Gasteiger partial charge is 0.490 e. The molecule has 2 aromatic rings. The van der Waals surface area contributed by atoms with Crippen LogP contribution >= 0.6 is 0 Å². The van der Waals surface area contributed by atoms with Gasteiger partial charge in [0.15, 0.2) is 0 Å². The van der Waals surface area contributed by atoms with Crippen LogP contribution in [0.5, 0.6) is 5.75 Å². The third kappa shape index (κ3) is 3.12. The van der Waals surface area contributed by atoms with Crippen LogP contribution in [0, 0.1) is 0 Å². The molecule has 0 saturated carbocycles. The van der Waals surface area contributed by atoms with Crippen LogP contribution in [0.1, 0.15) is 30.0 Å². The molecule has 132 valence electrons. The summed E-state index contributed by atoms with van der Waals surface area (Å²) in [6.45, 7) is 1.37. The first kappa shape index (κ1) is 16.4. The Hall–Kier alpha value is -2.05. The Labute approximate surface area is 148 Å². The van der Waals surface area contributed by atoms with E-state index in [0.29, 0.717) is 6.61 Å². The van der Waals surface area contributed by atoms with Gasteiger partial charge in [0, 0.05) is 13.1 Å². The fourth-order valence-electron chi connectivity index (χ4n) is 3.63. The molecule has 0 saturated heterocycles. The molecule has 0 radical (unpaired) electrons. The molecular weight excluding hydrogens is 336 g/mol. The van der Waals surface area contributed by atoms with Crippen molar-refractivity contribution in [3.8, 4) is 5.75 Å². The zero-order valence-electron chi connectivity index (χ0n) is 14.2. The third-order valence-corrected chi connectivity index (χ3v) is 6.47. The highest BCUT2D eigenvalue weighted by molar-refractivity contribution is 7.89. The van der Waals surface area contributed by atoms with Gasteiger partial charge in [0.25, 0.3) is 0 Å². The predicted octanol–water partition coefficient (Wildman–Crippen LogP) is 2.87. The minimum Gasteiger partial charge on any atom is -0.490 e. The van der Waals surface area contributed by atoms with Gasteiger partial charge >= 0.3 is 0 Å². The summed E-state index contributed by atoms with van der Waals surface area (Å²) in [5, 5.41) is 0. The standard InChI is InChI=1S/C19H22N2O3S/c1-21-11-12-24-19-10-9-15(13-18(19)21)25(22,23)20-17-8-4-6-14-5-2-3-7-16(14)17/h2-3,5,7,9-10,13,17,20H,4,6,8,11-12H2,1H3. The van der Waals surface area contributed by atoms with Crippen molar-refractivity contribution >= 4 is 15.7 Å². The van der Waals surface area contributed by atoms with Gasteiger partial charge in [-0.15, -0.1) is 0 Å². The molecule has 1 atom stereocenters. The first-order chi connectivity index (χ1) is 12.0. The number of benzene rings is 2. The Morgan fingerprint density at radius 1 is 1.20 bits per heavy atom. The van der Waals surface area contributed by atoms with Crippen molar-refractivity contribution in [3.63, 3.8) is 0 Å². The highest BCUT2D eigenvalue weighted by atomic mass is 32.2. The number of hydrogen-bond donors (Lipinski definition) is 1. The lowest BCUT2D eigenvalue weighted by Crippen LogP contribution is -2.32. The summed E-state index contributed by atoms with van der Waals surface area (Å²) in [7, 11) is -1.64. The molecule has 6 heteroatoms. The van der Waals surface area contributed by atoms with E-state index in [1.807, 2.05) is 30.1 Å². The Morgan fingerprint density at radius 2 is 2.04 bits per heavy atom. The molecule has 0 amide bonds. The van der Waals surface area contributed by atoms with Crippen molar-refractivity contribution in [1.82, 2.24) is 4.72 Å². The van der Waals surface area contributed by atoms with E-state index in [1.54, 1.807) is 18.2 Å². The average Bonchev–Trinajstić information content (AvgIpc) is 2.62. The number of aryl methyl sites for hydroxylation is 1. The molecule has 2 aliphatic rings. The minimum atomic E-state index is -3.59. The van der Waals surface area contributed by atoms with Crippen LogP contribution in [0.15, 0.2) is 47.4 Å². The van der Waals surface area contributed by atoms with Gasteiger partial charge in [0.2, 0.25) is 10.0 Å². The predicted molar refractivity (Wildman–Crippen MR) is 97.6 cm³/mol. The van der Waals surface area contributed by atoms with Gasteiger partial charge < -0.3 is 9.64 Å². The van der Waals surface area contributed by atoms with E-state index in [2.05, 4.69) is 10.8 Å². The average molecular weight is 358 g/mol. The van der Waals surface area contributed by atoms with Gasteiger partial charge in [-0.05, 0) is 48.6 Å². The first-order valence-corrected chi connectivity index (χ1v) is 10.1. The molecule has 1 heterocycles. The van der Waals surface area contributed by atoms with E-state index in [9.17, 15) is 8.42 Å². The van der Waals surface area contributed by atoms with Crippen molar-refractivity contribution in [2.45, 2.75) is 30.2 Å². The van der Waals surface area contributed by atoms with Crippen molar-refractivity contribution in [2.24, 2.45) is 0 Å². The zero-order chi connectivity index (χ0) is 17.4. The van der Waals surface area contributed by atoms with Crippen LogP contribution in [0.25, 0.3) is 0 Å². The Bertz CT molecular complexity index is 895. The van der Waals surface area contributed by atoms with Gasteiger partial charge in [-0.3, -0.25) is 0 Å². The SMILES string of the molecule is CN1CCOc2ccc(S(=O)(=O)NC3CCCc4ccccc43)cc21. The number of nitrogens with one attached hydrogen (secondary N) is 1. The van der Waals surface area contributed by atoms with Crippen molar-refractivity contribution < 1.29 is 13.2 Å². The highest BCUT2D eigenvalue weighted by Gasteiger charge is 2.27. The summed E-state index contributed by atoms with van der Waals surface area (Å²) in [6.07, 6.45) is 2.82. The number of nitrogens with zero attached hydrogens (tertiary/aromatic N) is 1. The molecule has 1 unspecified atom stereocenters. The molecule has 2 aromatic carbocycles. The second-order valence-electron chi connectivity index (χ2n) is 6.66. The van der Waals surface area contributed by atoms with E-state index >= 15 is 0 Å². The normalized spacial score (nSPS) is 19.7. The highest BCUT2D eigenvalue weighted by Crippen LogP contribution is 2.34. The summed E-state index contributed by atoms with van der Waals surface area (Å²) >= 11 is 0. The molecular formula is C19H22N2O3S. The lowest BCUT2D eigenvalue weighted by molar-refractivity contribution is 0.311. The first-order valence-electron chi connectivity index (χ1n) is 8.63. The second kappa shape index (κ2) is 6.35. The summed E-state index contributed by atoms with van der Waals surface area (Å²) in [6, 6.07) is 13.0. The molecule has 0 fully saturated rings. The van der Waals surface area contributed by atoms with Gasteiger partial charge in [-0.1, -0.05) is 24.3 Å². The molecule has 1 N–H and O–H groups in total. The lowest BCUT2D eigenvalue weighted by atomic mass is 9.88. The Morgan fingerprint density at radius 3 is 2.92 bits per heavy atom. The van der Waals surface area contributed by atoms with Crippen LogP contribution < -0.4 is 14.4 Å². The Kier molecular flexibility index (Phi) is 4.17. The number of rotatable bonds is 3. The number of fused-ring (bicyclic) bond motifs is 2. The number of ether oxygens (including phenoxy) is 1. The van der Waals surface area contributed by atoms with Crippen LogP contribution in [0.4, 0.5) is 5.69 Å². The van der Waals surface area contributed by atoms with E-state index in [4.69, 9.17) is 4.74 Å². The molecule has 4 rings (SSSR count). The molecule has 1 aliphatic heterocycles. The van der Waals surface area contributed by atoms with Crippen LogP contribution in [0.2, 0.25) is 0 Å². The number of sulfonamides is 1. The molecule has 1 aliphatic carbocycles. The monoisotopic (exact) mass is 358 g/mol. The van der Waals surface area contributed by atoms with Crippen molar-refractivity contribution in [1.29, 1.82) is 0 Å². The van der Waals surface area contributed by atoms with Gasteiger partial charge in [-0.2, -0.15) is 0 Å². The molecule has 0 aromatic heterocycles. The fourth-order valence-corrected chi connectivity index (χ4v) is 4.90. The maximum atomic E-state index is 12.9. The molecule has 25 heavy (non-hydrogen) atoms. The third-order valence-electron chi connectivity index (χ3n) is 5.00. The van der Waals surface area contributed by atoms with E-state index in [-0.39, 0.29) is 10.9 Å². The van der Waals surface area contributed by atoms with E-state index < -0.39 is 10.0 Å². The number of anilines is 1. The quantitative estimate of drug-likeness (QED) is 0.917. The summed E-state index contributed by atoms with van der Waals surface area (Å²) < 4.78 is 34.4. The summed E-state index contributed by atoms with van der Waals surface area (Å²) in [4.78, 5) is 2.31. The van der Waals surface area contributed by atoms with Gasteiger partial charge in [0.1, 0.15) is 12.4 Å². The second-order valence-corrected chi connectivity index (χ2v) is 8.38. The number of hydrogen-bond acceptors (Lipinski definition) is 4. The van der Waals surface area contributed by atoms with Crippen LogP contribution in [-0.4, -0.2) is 28.6 Å².